The molecule has 3 aromatic heterocycles. The number of rotatable bonds is 6. The van der Waals surface area contributed by atoms with Crippen LogP contribution in [0.1, 0.15) is 27.2 Å². The van der Waals surface area contributed by atoms with Gasteiger partial charge in [-0.1, -0.05) is 24.3 Å². The fourth-order valence-electron chi connectivity index (χ4n) is 4.12. The average molecular weight is 458 g/mol. The highest BCUT2D eigenvalue weighted by molar-refractivity contribution is 6.58. The molecule has 0 aliphatic carbocycles. The van der Waals surface area contributed by atoms with Crippen molar-refractivity contribution in [1.82, 2.24) is 29.5 Å². The van der Waals surface area contributed by atoms with Gasteiger partial charge in [-0.05, 0) is 36.6 Å². The first-order valence-electron chi connectivity index (χ1n) is 10.8. The molecule has 0 fully saturated rings. The van der Waals surface area contributed by atoms with E-state index in [9.17, 15) is 14.8 Å². The number of primary amides is 1. The number of likely N-dealkylation sites (N-methyl/N-ethyl adjacent to an activating group) is 1. The van der Waals surface area contributed by atoms with Crippen molar-refractivity contribution in [3.05, 3.63) is 65.0 Å². The molecule has 4 aromatic rings. The zero-order valence-corrected chi connectivity index (χ0v) is 18.5. The van der Waals surface area contributed by atoms with Gasteiger partial charge in [0.25, 0.3) is 5.91 Å². The van der Waals surface area contributed by atoms with E-state index in [0.29, 0.717) is 41.7 Å². The SMILES string of the molecule is CN1CCc2c(nc(-c3nnc4c(C(N)=O)cccn34)nc2NCc2cccc(B(O)O)c2)C1. The molecular weight excluding hydrogens is 435 g/mol. The Labute approximate surface area is 195 Å². The largest absolute Gasteiger partial charge is 0.488 e. The molecule has 4 heterocycles. The van der Waals surface area contributed by atoms with E-state index in [4.69, 9.17) is 15.7 Å². The first-order chi connectivity index (χ1) is 16.4. The van der Waals surface area contributed by atoms with Gasteiger partial charge in [0.2, 0.25) is 11.6 Å². The number of carbonyl (C=O) groups excluding carboxylic acids is 1. The van der Waals surface area contributed by atoms with Crippen LogP contribution in [-0.2, 0) is 19.5 Å². The molecule has 1 aliphatic rings. The zero-order valence-electron chi connectivity index (χ0n) is 18.5. The van der Waals surface area contributed by atoms with E-state index in [0.717, 1.165) is 29.8 Å². The standard InChI is InChI=1S/C22H23BN8O3/c1-30-9-7-15-17(12-30)26-20(22-29-28-21-16(18(24)32)6-3-8-31(21)22)27-19(15)25-11-13-4-2-5-14(10-13)23(33)34/h2-6,8,10,33-34H,7,9,11-12H2,1H3,(H2,24,32)(H,25,26,27). The number of hydrogen-bond donors (Lipinski definition) is 4. The van der Waals surface area contributed by atoms with Crippen LogP contribution in [0.5, 0.6) is 0 Å². The van der Waals surface area contributed by atoms with Gasteiger partial charge in [0, 0.05) is 31.4 Å². The molecule has 12 heteroatoms. The van der Waals surface area contributed by atoms with E-state index in [2.05, 4.69) is 20.4 Å². The molecule has 11 nitrogen and oxygen atoms in total. The third-order valence-electron chi connectivity index (χ3n) is 5.87. The number of aromatic nitrogens is 5. The predicted octanol–water partition coefficient (Wildman–Crippen LogP) is -0.435. The van der Waals surface area contributed by atoms with Crippen LogP contribution in [0, 0.1) is 0 Å². The molecule has 172 valence electrons. The van der Waals surface area contributed by atoms with Crippen LogP contribution in [0.25, 0.3) is 17.3 Å². The quantitative estimate of drug-likeness (QED) is 0.282. The van der Waals surface area contributed by atoms with Gasteiger partial charge in [-0.2, -0.15) is 0 Å². The molecule has 0 atom stereocenters. The Morgan fingerprint density at radius 3 is 2.85 bits per heavy atom. The first kappa shape index (κ1) is 22.0. The van der Waals surface area contributed by atoms with Gasteiger partial charge in [0.15, 0.2) is 5.65 Å². The molecular formula is C22H23BN8O3. The highest BCUT2D eigenvalue weighted by Gasteiger charge is 2.23. The monoisotopic (exact) mass is 458 g/mol. The Morgan fingerprint density at radius 1 is 1.21 bits per heavy atom. The van der Waals surface area contributed by atoms with Crippen LogP contribution < -0.4 is 16.5 Å². The molecule has 0 unspecified atom stereocenters. The minimum absolute atomic E-state index is 0.267. The summed E-state index contributed by atoms with van der Waals surface area (Å²) in [4.78, 5) is 23.5. The Hall–Kier alpha value is -3.87. The van der Waals surface area contributed by atoms with E-state index < -0.39 is 13.0 Å². The third kappa shape index (κ3) is 4.09. The van der Waals surface area contributed by atoms with Gasteiger partial charge >= 0.3 is 7.12 Å². The number of nitrogens with zero attached hydrogens (tertiary/aromatic N) is 6. The molecule has 1 aliphatic heterocycles. The molecule has 5 N–H and O–H groups in total. The molecule has 34 heavy (non-hydrogen) atoms. The lowest BCUT2D eigenvalue weighted by atomic mass is 9.79. The Morgan fingerprint density at radius 2 is 2.06 bits per heavy atom. The number of nitrogens with one attached hydrogen (secondary N) is 1. The number of hydrogen-bond acceptors (Lipinski definition) is 9. The summed E-state index contributed by atoms with van der Waals surface area (Å²) in [5, 5.41) is 30.7. The zero-order chi connectivity index (χ0) is 23.8. The number of fused-ring (bicyclic) bond motifs is 2. The average Bonchev–Trinajstić information content (AvgIpc) is 3.26. The van der Waals surface area contributed by atoms with E-state index >= 15 is 0 Å². The van der Waals surface area contributed by atoms with Gasteiger partial charge in [-0.25, -0.2) is 9.97 Å². The summed E-state index contributed by atoms with van der Waals surface area (Å²) in [6, 6.07) is 10.4. The second kappa shape index (κ2) is 8.82. The second-order valence-corrected chi connectivity index (χ2v) is 8.28. The van der Waals surface area contributed by atoms with Gasteiger partial charge < -0.3 is 26.0 Å². The Bertz CT molecular complexity index is 1390. The van der Waals surface area contributed by atoms with E-state index in [-0.39, 0.29) is 5.56 Å². The lowest BCUT2D eigenvalue weighted by molar-refractivity contribution is 0.100. The molecule has 5 rings (SSSR count). The number of amides is 1. The molecule has 0 spiro atoms. The van der Waals surface area contributed by atoms with Gasteiger partial charge in [0.1, 0.15) is 5.82 Å². The van der Waals surface area contributed by atoms with Crippen LogP contribution in [0.4, 0.5) is 5.82 Å². The number of carbonyl (C=O) groups is 1. The lowest BCUT2D eigenvalue weighted by Crippen LogP contribution is -2.30. The van der Waals surface area contributed by atoms with Crippen molar-refractivity contribution < 1.29 is 14.8 Å². The van der Waals surface area contributed by atoms with Crippen molar-refractivity contribution in [3.8, 4) is 11.6 Å². The molecule has 0 radical (unpaired) electrons. The van der Waals surface area contributed by atoms with Crippen LogP contribution in [0.3, 0.4) is 0 Å². The van der Waals surface area contributed by atoms with Gasteiger partial charge in [-0.15, -0.1) is 10.2 Å². The summed E-state index contributed by atoms with van der Waals surface area (Å²) < 4.78 is 1.66. The minimum Gasteiger partial charge on any atom is -0.423 e. The Kier molecular flexibility index (Phi) is 5.69. The molecule has 0 bridgehead atoms. The summed E-state index contributed by atoms with van der Waals surface area (Å²) in [6.07, 6.45) is 2.53. The number of benzene rings is 1. The minimum atomic E-state index is -1.53. The van der Waals surface area contributed by atoms with Crippen molar-refractivity contribution in [2.45, 2.75) is 19.5 Å². The maximum absolute atomic E-state index is 11.8. The van der Waals surface area contributed by atoms with Crippen molar-refractivity contribution in [2.24, 2.45) is 5.73 Å². The van der Waals surface area contributed by atoms with E-state index in [1.165, 1.54) is 0 Å². The summed E-state index contributed by atoms with van der Waals surface area (Å²) in [7, 11) is 0.509. The van der Waals surface area contributed by atoms with Gasteiger partial charge in [-0.3, -0.25) is 9.20 Å². The first-order valence-corrected chi connectivity index (χ1v) is 10.8. The van der Waals surface area contributed by atoms with Crippen molar-refractivity contribution in [1.29, 1.82) is 0 Å². The summed E-state index contributed by atoms with van der Waals surface area (Å²) in [5.74, 6) is 0.883. The van der Waals surface area contributed by atoms with E-state index in [1.807, 2.05) is 13.1 Å². The smallest absolute Gasteiger partial charge is 0.423 e. The van der Waals surface area contributed by atoms with Crippen molar-refractivity contribution in [3.63, 3.8) is 0 Å². The summed E-state index contributed by atoms with van der Waals surface area (Å²) in [6.45, 7) is 1.98. The number of anilines is 1. The molecule has 1 amide bonds. The molecule has 1 aromatic carbocycles. The highest BCUT2D eigenvalue weighted by Crippen LogP contribution is 2.27. The fourth-order valence-corrected chi connectivity index (χ4v) is 4.12. The second-order valence-electron chi connectivity index (χ2n) is 8.28. The topological polar surface area (TPSA) is 155 Å². The Balaban J connectivity index is 1.55. The lowest BCUT2D eigenvalue weighted by Gasteiger charge is -2.26. The highest BCUT2D eigenvalue weighted by atomic mass is 16.4. The van der Waals surface area contributed by atoms with Crippen molar-refractivity contribution >= 4 is 30.0 Å². The summed E-state index contributed by atoms with van der Waals surface area (Å²) in [5.41, 5.74) is 9.33. The fraction of sp³-hybridized carbons (Fsp3) is 0.227. The van der Waals surface area contributed by atoms with Crippen LogP contribution in [0.2, 0.25) is 0 Å². The maximum atomic E-state index is 11.8. The number of nitrogens with two attached hydrogens (primary N) is 1. The molecule has 0 saturated carbocycles. The summed E-state index contributed by atoms with van der Waals surface area (Å²) >= 11 is 0. The van der Waals surface area contributed by atoms with Crippen LogP contribution in [-0.4, -0.2) is 66.1 Å². The predicted molar refractivity (Wildman–Crippen MR) is 126 cm³/mol. The van der Waals surface area contributed by atoms with Gasteiger partial charge in [0.05, 0.1) is 11.3 Å². The molecule has 0 saturated heterocycles. The maximum Gasteiger partial charge on any atom is 0.488 e. The number of pyridine rings is 1. The third-order valence-corrected chi connectivity index (χ3v) is 5.87. The van der Waals surface area contributed by atoms with E-state index in [1.54, 1.807) is 40.9 Å². The van der Waals surface area contributed by atoms with Crippen LogP contribution in [0.15, 0.2) is 42.6 Å². The normalized spacial score (nSPS) is 13.6. The van der Waals surface area contributed by atoms with Crippen molar-refractivity contribution in [2.75, 3.05) is 18.9 Å². The van der Waals surface area contributed by atoms with Crippen LogP contribution >= 0.6 is 0 Å².